The van der Waals surface area contributed by atoms with E-state index in [0.717, 1.165) is 11.3 Å². The molecular formula is C16H17N3O2. The van der Waals surface area contributed by atoms with Crippen molar-refractivity contribution in [2.75, 3.05) is 14.1 Å². The molecule has 0 unspecified atom stereocenters. The quantitative estimate of drug-likeness (QED) is 0.530. The van der Waals surface area contributed by atoms with Gasteiger partial charge < -0.3 is 5.11 Å². The van der Waals surface area contributed by atoms with Crippen LogP contribution in [0.25, 0.3) is 0 Å². The monoisotopic (exact) mass is 283 g/mol. The summed E-state index contributed by atoms with van der Waals surface area (Å²) in [6.45, 7) is 1.89. The van der Waals surface area contributed by atoms with Crippen LogP contribution in [0, 0.1) is 6.92 Å². The number of carbonyl (C=O) groups is 1. The first-order valence-electron chi connectivity index (χ1n) is 6.51. The van der Waals surface area contributed by atoms with Crippen molar-refractivity contribution in [1.82, 2.24) is 5.01 Å². The zero-order chi connectivity index (χ0) is 15.4. The van der Waals surface area contributed by atoms with Crippen molar-refractivity contribution in [2.24, 2.45) is 10.3 Å². The third-order valence-corrected chi connectivity index (χ3v) is 2.92. The highest BCUT2D eigenvalue weighted by molar-refractivity contribution is 6.09. The maximum Gasteiger partial charge on any atom is 0.193 e. The summed E-state index contributed by atoms with van der Waals surface area (Å²) in [5.41, 5.74) is 2.73. The van der Waals surface area contributed by atoms with Crippen LogP contribution in [0.5, 0.6) is 5.75 Å². The molecule has 0 heterocycles. The smallest absolute Gasteiger partial charge is 0.193 e. The number of aromatic hydroxyl groups is 1. The lowest BCUT2D eigenvalue weighted by Crippen LogP contribution is -2.01. The van der Waals surface area contributed by atoms with E-state index in [1.807, 2.05) is 6.92 Å². The first-order valence-corrected chi connectivity index (χ1v) is 6.51. The second-order valence-corrected chi connectivity index (χ2v) is 4.91. The Morgan fingerprint density at radius 1 is 1.05 bits per heavy atom. The van der Waals surface area contributed by atoms with Gasteiger partial charge in [0.2, 0.25) is 0 Å². The second-order valence-electron chi connectivity index (χ2n) is 4.91. The molecule has 2 aromatic rings. The Labute approximate surface area is 123 Å². The zero-order valence-electron chi connectivity index (χ0n) is 12.2. The third kappa shape index (κ3) is 3.66. The van der Waals surface area contributed by atoms with Crippen molar-refractivity contribution in [1.29, 1.82) is 0 Å². The molecule has 0 radical (unpaired) electrons. The number of phenolic OH excluding ortho intramolecular Hbond substituents is 1. The zero-order valence-corrected chi connectivity index (χ0v) is 12.2. The Kier molecular flexibility index (Phi) is 4.33. The van der Waals surface area contributed by atoms with Gasteiger partial charge in [0.1, 0.15) is 5.75 Å². The van der Waals surface area contributed by atoms with Gasteiger partial charge in [0.05, 0.1) is 5.69 Å². The molecule has 0 aliphatic rings. The van der Waals surface area contributed by atoms with E-state index in [4.69, 9.17) is 0 Å². The van der Waals surface area contributed by atoms with Gasteiger partial charge in [-0.05, 0) is 55.0 Å². The van der Waals surface area contributed by atoms with Crippen LogP contribution in [-0.2, 0) is 0 Å². The summed E-state index contributed by atoms with van der Waals surface area (Å²) in [7, 11) is 3.59. The van der Waals surface area contributed by atoms with Gasteiger partial charge in [-0.1, -0.05) is 5.22 Å². The van der Waals surface area contributed by atoms with Gasteiger partial charge in [-0.15, -0.1) is 5.11 Å². The largest absolute Gasteiger partial charge is 0.508 e. The Morgan fingerprint density at radius 2 is 1.67 bits per heavy atom. The number of hydrogen-bond donors (Lipinski definition) is 1. The van der Waals surface area contributed by atoms with Gasteiger partial charge in [0.15, 0.2) is 5.78 Å². The fraction of sp³-hybridized carbons (Fsp3) is 0.188. The average Bonchev–Trinajstić information content (AvgIpc) is 2.46. The molecule has 108 valence electrons. The molecule has 0 aliphatic carbocycles. The van der Waals surface area contributed by atoms with E-state index >= 15 is 0 Å². The van der Waals surface area contributed by atoms with Gasteiger partial charge in [-0.25, -0.2) is 0 Å². The van der Waals surface area contributed by atoms with E-state index in [9.17, 15) is 9.90 Å². The van der Waals surface area contributed by atoms with Crippen LogP contribution >= 0.6 is 0 Å². The predicted molar refractivity (Wildman–Crippen MR) is 80.9 cm³/mol. The Morgan fingerprint density at radius 3 is 2.24 bits per heavy atom. The molecule has 0 saturated carbocycles. The van der Waals surface area contributed by atoms with Crippen molar-refractivity contribution in [3.63, 3.8) is 0 Å². The molecule has 0 saturated heterocycles. The van der Waals surface area contributed by atoms with Crippen LogP contribution in [0.2, 0.25) is 0 Å². The lowest BCUT2D eigenvalue weighted by Gasteiger charge is -2.06. The minimum Gasteiger partial charge on any atom is -0.508 e. The number of hydrogen-bond acceptors (Lipinski definition) is 4. The summed E-state index contributed by atoms with van der Waals surface area (Å²) in [6.07, 6.45) is 0. The van der Waals surface area contributed by atoms with Crippen molar-refractivity contribution < 1.29 is 9.90 Å². The van der Waals surface area contributed by atoms with Crippen LogP contribution in [0.4, 0.5) is 5.69 Å². The normalized spacial score (nSPS) is 10.8. The molecule has 5 heteroatoms. The van der Waals surface area contributed by atoms with E-state index in [-0.39, 0.29) is 11.5 Å². The van der Waals surface area contributed by atoms with Gasteiger partial charge in [0, 0.05) is 25.2 Å². The molecule has 21 heavy (non-hydrogen) atoms. The highest BCUT2D eigenvalue weighted by atomic mass is 16.3. The lowest BCUT2D eigenvalue weighted by atomic mass is 10.0. The Balaban J connectivity index is 2.27. The van der Waals surface area contributed by atoms with Crippen molar-refractivity contribution in [2.45, 2.75) is 6.92 Å². The molecule has 0 bridgehead atoms. The molecule has 2 aromatic carbocycles. The van der Waals surface area contributed by atoms with Gasteiger partial charge in [0.25, 0.3) is 0 Å². The molecule has 0 aliphatic heterocycles. The van der Waals surface area contributed by atoms with E-state index < -0.39 is 0 Å². The summed E-state index contributed by atoms with van der Waals surface area (Å²) < 4.78 is 0. The molecule has 0 spiro atoms. The molecule has 0 amide bonds. The van der Waals surface area contributed by atoms with Crippen LogP contribution in [0.3, 0.4) is 0 Å². The maximum absolute atomic E-state index is 12.3. The van der Waals surface area contributed by atoms with Crippen LogP contribution < -0.4 is 0 Å². The molecule has 0 atom stereocenters. The van der Waals surface area contributed by atoms with Gasteiger partial charge in [-0.3, -0.25) is 9.80 Å². The van der Waals surface area contributed by atoms with E-state index in [1.165, 1.54) is 12.1 Å². The maximum atomic E-state index is 12.3. The average molecular weight is 283 g/mol. The molecule has 0 fully saturated rings. The first kappa shape index (κ1) is 14.7. The predicted octanol–water partition coefficient (Wildman–Crippen LogP) is 3.49. The number of phenols is 1. The number of ketones is 1. The minimum absolute atomic E-state index is 0.0887. The summed E-state index contributed by atoms with van der Waals surface area (Å²) >= 11 is 0. The van der Waals surface area contributed by atoms with Crippen LogP contribution in [0.1, 0.15) is 21.5 Å². The Bertz CT molecular complexity index is 676. The summed E-state index contributed by atoms with van der Waals surface area (Å²) in [5.74, 6) is 0.0522. The summed E-state index contributed by atoms with van der Waals surface area (Å²) in [6, 6.07) is 11.5. The summed E-state index contributed by atoms with van der Waals surface area (Å²) in [4.78, 5) is 12.3. The fourth-order valence-corrected chi connectivity index (χ4v) is 1.83. The van der Waals surface area contributed by atoms with E-state index in [2.05, 4.69) is 10.3 Å². The number of rotatable bonds is 4. The van der Waals surface area contributed by atoms with Crippen LogP contribution in [0.15, 0.2) is 52.8 Å². The van der Waals surface area contributed by atoms with Crippen LogP contribution in [-0.4, -0.2) is 30.0 Å². The second kappa shape index (κ2) is 6.17. The topological polar surface area (TPSA) is 65.3 Å². The third-order valence-electron chi connectivity index (χ3n) is 2.92. The molecule has 5 nitrogen and oxygen atoms in total. The highest BCUT2D eigenvalue weighted by Gasteiger charge is 2.10. The summed E-state index contributed by atoms with van der Waals surface area (Å²) in [5, 5.41) is 18.9. The van der Waals surface area contributed by atoms with Crippen molar-refractivity contribution >= 4 is 11.5 Å². The lowest BCUT2D eigenvalue weighted by molar-refractivity contribution is 0.103. The standard InChI is InChI=1S/C16H17N3O2/c1-11-10-13(6-9-15(11)17-18-19(2)3)16(21)12-4-7-14(20)8-5-12/h4-10,20H,1-3H3. The molecule has 1 N–H and O–H groups in total. The molecular weight excluding hydrogens is 266 g/mol. The minimum atomic E-state index is -0.0887. The first-order chi connectivity index (χ1) is 9.97. The number of nitrogens with zero attached hydrogens (tertiary/aromatic N) is 3. The van der Waals surface area contributed by atoms with Gasteiger partial charge in [-0.2, -0.15) is 0 Å². The van der Waals surface area contributed by atoms with Gasteiger partial charge >= 0.3 is 0 Å². The number of carbonyl (C=O) groups excluding carboxylic acids is 1. The van der Waals surface area contributed by atoms with Crippen molar-refractivity contribution in [3.05, 3.63) is 59.2 Å². The van der Waals surface area contributed by atoms with E-state index in [1.54, 1.807) is 49.4 Å². The SMILES string of the molecule is Cc1cc(C(=O)c2ccc(O)cc2)ccc1N=NN(C)C. The number of aryl methyl sites for hydroxylation is 1. The Hall–Kier alpha value is -2.69. The van der Waals surface area contributed by atoms with Crippen molar-refractivity contribution in [3.8, 4) is 5.75 Å². The van der Waals surface area contributed by atoms with E-state index in [0.29, 0.717) is 11.1 Å². The highest BCUT2D eigenvalue weighted by Crippen LogP contribution is 2.22. The fourth-order valence-electron chi connectivity index (χ4n) is 1.83. The number of benzene rings is 2. The molecule has 0 aromatic heterocycles. The molecule has 2 rings (SSSR count).